The van der Waals surface area contributed by atoms with Crippen LogP contribution in [0.25, 0.3) is 0 Å². The Kier molecular flexibility index (Phi) is 6.12. The maximum absolute atomic E-state index is 5.77. The lowest BCUT2D eigenvalue weighted by atomic mass is 9.95. The van der Waals surface area contributed by atoms with E-state index in [0.29, 0.717) is 19.1 Å². The van der Waals surface area contributed by atoms with E-state index in [2.05, 4.69) is 37.1 Å². The van der Waals surface area contributed by atoms with Gasteiger partial charge >= 0.3 is 0 Å². The molecule has 158 valence electrons. The summed E-state index contributed by atoms with van der Waals surface area (Å²) in [6, 6.07) is 4.16. The third kappa shape index (κ3) is 4.01. The van der Waals surface area contributed by atoms with Crippen LogP contribution in [0.1, 0.15) is 36.0 Å². The summed E-state index contributed by atoms with van der Waals surface area (Å²) in [6.45, 7) is 6.97. The van der Waals surface area contributed by atoms with E-state index < -0.39 is 0 Å². The van der Waals surface area contributed by atoms with Gasteiger partial charge in [0, 0.05) is 25.6 Å². The molecule has 9 heteroatoms. The molecule has 3 aliphatic rings. The highest BCUT2D eigenvalue weighted by molar-refractivity contribution is 5.85. The summed E-state index contributed by atoms with van der Waals surface area (Å²) in [4.78, 5) is 2.50. The van der Waals surface area contributed by atoms with Crippen molar-refractivity contribution >= 4 is 12.4 Å². The number of rotatable bonds is 4. The Morgan fingerprint density at radius 3 is 2.79 bits per heavy atom. The third-order valence-corrected chi connectivity index (χ3v) is 5.90. The molecular formula is C20H28ClN5O3. The number of halogens is 1. The van der Waals surface area contributed by atoms with E-state index in [-0.39, 0.29) is 12.4 Å². The predicted molar refractivity (Wildman–Crippen MR) is 110 cm³/mol. The number of methoxy groups -OCH3 is 1. The fourth-order valence-corrected chi connectivity index (χ4v) is 4.44. The maximum atomic E-state index is 5.77. The van der Waals surface area contributed by atoms with Gasteiger partial charge in [-0.2, -0.15) is 0 Å². The van der Waals surface area contributed by atoms with Crippen molar-refractivity contribution in [1.82, 2.24) is 25.0 Å². The van der Waals surface area contributed by atoms with Gasteiger partial charge in [0.15, 0.2) is 11.5 Å². The molecule has 0 unspecified atom stereocenters. The first-order chi connectivity index (χ1) is 13.8. The van der Waals surface area contributed by atoms with Gasteiger partial charge in [-0.05, 0) is 43.6 Å². The zero-order chi connectivity index (χ0) is 18.9. The average molecular weight is 422 g/mol. The fourth-order valence-electron chi connectivity index (χ4n) is 4.44. The monoisotopic (exact) mass is 421 g/mol. The Bertz CT molecular complexity index is 834. The summed E-state index contributed by atoms with van der Waals surface area (Å²) in [5.41, 5.74) is 1.20. The molecule has 1 aromatic carbocycles. The van der Waals surface area contributed by atoms with Crippen LogP contribution in [0.2, 0.25) is 0 Å². The molecule has 5 rings (SSSR count). The first kappa shape index (κ1) is 20.3. The van der Waals surface area contributed by atoms with Crippen LogP contribution in [0.5, 0.6) is 17.2 Å². The number of hydrogen-bond acceptors (Lipinski definition) is 7. The minimum absolute atomic E-state index is 0. The molecule has 0 spiro atoms. The quantitative estimate of drug-likeness (QED) is 0.808. The normalized spacial score (nSPS) is 19.3. The second-order valence-corrected chi connectivity index (χ2v) is 7.68. The maximum Gasteiger partial charge on any atom is 0.203 e. The van der Waals surface area contributed by atoms with E-state index in [4.69, 9.17) is 14.2 Å². The van der Waals surface area contributed by atoms with Crippen LogP contribution in [0, 0.1) is 0 Å². The minimum atomic E-state index is 0. The van der Waals surface area contributed by atoms with E-state index in [1.807, 2.05) is 0 Å². The number of fused-ring (bicyclic) bond motifs is 2. The first-order valence-corrected chi connectivity index (χ1v) is 10.1. The second kappa shape index (κ2) is 8.77. The van der Waals surface area contributed by atoms with Crippen LogP contribution in [0.3, 0.4) is 0 Å². The number of piperidine rings is 1. The molecule has 0 saturated carbocycles. The van der Waals surface area contributed by atoms with Gasteiger partial charge in [-0.3, -0.25) is 4.90 Å². The number of nitrogens with zero attached hydrogens (tertiary/aromatic N) is 4. The Morgan fingerprint density at radius 2 is 1.97 bits per heavy atom. The Labute approximate surface area is 176 Å². The van der Waals surface area contributed by atoms with Crippen LogP contribution >= 0.6 is 12.4 Å². The largest absolute Gasteiger partial charge is 0.493 e. The number of ether oxygens (including phenoxy) is 3. The van der Waals surface area contributed by atoms with Crippen molar-refractivity contribution in [1.29, 1.82) is 0 Å². The van der Waals surface area contributed by atoms with Gasteiger partial charge in [0.25, 0.3) is 0 Å². The molecule has 0 aliphatic carbocycles. The standard InChI is InChI=1S/C20H27N5O3.ClH/c1-26-16-10-14(11-17-19(16)28-9-8-27-17)13-24-5-2-15(3-6-24)20-23-22-18-12-21-4-7-25(18)20;/h10-11,15,21H,2-9,12-13H2,1H3;1H. The molecule has 4 heterocycles. The van der Waals surface area contributed by atoms with Crippen molar-refractivity contribution in [2.45, 2.75) is 38.4 Å². The van der Waals surface area contributed by atoms with Crippen molar-refractivity contribution in [3.63, 3.8) is 0 Å². The highest BCUT2D eigenvalue weighted by Crippen LogP contribution is 2.41. The second-order valence-electron chi connectivity index (χ2n) is 7.68. The first-order valence-electron chi connectivity index (χ1n) is 10.1. The minimum Gasteiger partial charge on any atom is -0.493 e. The number of likely N-dealkylation sites (tertiary alicyclic amines) is 1. The van der Waals surface area contributed by atoms with Crippen molar-refractivity contribution in [2.24, 2.45) is 0 Å². The smallest absolute Gasteiger partial charge is 0.203 e. The van der Waals surface area contributed by atoms with Crippen LogP contribution in [-0.2, 0) is 19.6 Å². The van der Waals surface area contributed by atoms with E-state index >= 15 is 0 Å². The molecule has 3 aliphatic heterocycles. The molecule has 0 atom stereocenters. The number of nitrogens with one attached hydrogen (secondary N) is 1. The molecule has 1 N–H and O–H groups in total. The molecule has 0 amide bonds. The van der Waals surface area contributed by atoms with Gasteiger partial charge in [0.2, 0.25) is 5.75 Å². The van der Waals surface area contributed by atoms with Crippen molar-refractivity contribution in [3.05, 3.63) is 29.3 Å². The zero-order valence-corrected chi connectivity index (χ0v) is 17.5. The Hall–Kier alpha value is -2.03. The number of hydrogen-bond donors (Lipinski definition) is 1. The molecule has 0 radical (unpaired) electrons. The van der Waals surface area contributed by atoms with E-state index in [1.165, 1.54) is 11.4 Å². The van der Waals surface area contributed by atoms with Crippen molar-refractivity contribution in [3.8, 4) is 17.2 Å². The highest BCUT2D eigenvalue weighted by Gasteiger charge is 2.27. The molecule has 0 bridgehead atoms. The van der Waals surface area contributed by atoms with Gasteiger partial charge in [-0.1, -0.05) is 0 Å². The average Bonchev–Trinajstić information content (AvgIpc) is 3.18. The van der Waals surface area contributed by atoms with Gasteiger partial charge in [-0.25, -0.2) is 0 Å². The van der Waals surface area contributed by atoms with Gasteiger partial charge in [0.05, 0.1) is 13.7 Å². The molecule has 1 saturated heterocycles. The summed E-state index contributed by atoms with van der Waals surface area (Å²) in [5.74, 6) is 5.03. The summed E-state index contributed by atoms with van der Waals surface area (Å²) in [7, 11) is 1.68. The highest BCUT2D eigenvalue weighted by atomic mass is 35.5. The lowest BCUT2D eigenvalue weighted by Crippen LogP contribution is -2.34. The van der Waals surface area contributed by atoms with E-state index in [9.17, 15) is 0 Å². The third-order valence-electron chi connectivity index (χ3n) is 5.90. The van der Waals surface area contributed by atoms with E-state index in [0.717, 1.165) is 75.2 Å². The Morgan fingerprint density at radius 1 is 1.14 bits per heavy atom. The summed E-state index contributed by atoms with van der Waals surface area (Å²) in [5, 5.41) is 12.2. The van der Waals surface area contributed by atoms with Crippen molar-refractivity contribution in [2.75, 3.05) is 40.0 Å². The summed E-state index contributed by atoms with van der Waals surface area (Å²) >= 11 is 0. The summed E-state index contributed by atoms with van der Waals surface area (Å²) < 4.78 is 19.3. The lowest BCUT2D eigenvalue weighted by molar-refractivity contribution is 0.163. The zero-order valence-electron chi connectivity index (χ0n) is 16.7. The van der Waals surface area contributed by atoms with Gasteiger partial charge in [0.1, 0.15) is 24.9 Å². The number of benzene rings is 1. The molecule has 8 nitrogen and oxygen atoms in total. The predicted octanol–water partition coefficient (Wildman–Crippen LogP) is 1.96. The van der Waals surface area contributed by atoms with Crippen LogP contribution in [0.4, 0.5) is 0 Å². The molecule has 1 aromatic heterocycles. The van der Waals surface area contributed by atoms with Gasteiger partial charge in [-0.15, -0.1) is 22.6 Å². The topological polar surface area (TPSA) is 73.7 Å². The molecule has 1 fully saturated rings. The molecular weight excluding hydrogens is 394 g/mol. The molecule has 2 aromatic rings. The number of aromatic nitrogens is 3. The SMILES string of the molecule is COc1cc(CN2CCC(c3nnc4n3CCNC4)CC2)cc2c1OCCO2.Cl. The van der Waals surface area contributed by atoms with Crippen LogP contribution in [-0.4, -0.2) is 59.6 Å². The molecule has 29 heavy (non-hydrogen) atoms. The van der Waals surface area contributed by atoms with E-state index in [1.54, 1.807) is 7.11 Å². The lowest BCUT2D eigenvalue weighted by Gasteiger charge is -2.32. The fraction of sp³-hybridized carbons (Fsp3) is 0.600. The Balaban J connectivity index is 0.00000205. The van der Waals surface area contributed by atoms with Crippen LogP contribution < -0.4 is 19.5 Å². The van der Waals surface area contributed by atoms with Gasteiger partial charge < -0.3 is 24.1 Å². The van der Waals surface area contributed by atoms with Crippen molar-refractivity contribution < 1.29 is 14.2 Å². The van der Waals surface area contributed by atoms with Crippen LogP contribution in [0.15, 0.2) is 12.1 Å². The summed E-state index contributed by atoms with van der Waals surface area (Å²) in [6.07, 6.45) is 2.24.